The van der Waals surface area contributed by atoms with Crippen molar-refractivity contribution in [3.63, 3.8) is 0 Å². The third-order valence-electron chi connectivity index (χ3n) is 5.12. The molecule has 148 valence electrons. The molecule has 30 heavy (non-hydrogen) atoms. The molecular weight excluding hydrogens is 381 g/mol. The molecule has 0 atom stereocenters. The van der Waals surface area contributed by atoms with E-state index >= 15 is 0 Å². The number of fused-ring (bicyclic) bond motifs is 2. The molecule has 0 aliphatic carbocycles. The fourth-order valence-electron chi connectivity index (χ4n) is 3.67. The molecule has 0 aliphatic heterocycles. The summed E-state index contributed by atoms with van der Waals surface area (Å²) in [5.74, 6) is -0.573. The van der Waals surface area contributed by atoms with E-state index in [4.69, 9.17) is 0 Å². The topological polar surface area (TPSA) is 64.7 Å². The van der Waals surface area contributed by atoms with Gasteiger partial charge in [-0.15, -0.1) is 0 Å². The molecule has 0 aliphatic rings. The van der Waals surface area contributed by atoms with Crippen molar-refractivity contribution in [3.8, 4) is 0 Å². The largest absolute Gasteiger partial charge is 0.334 e. The Hall–Kier alpha value is -4.00. The summed E-state index contributed by atoms with van der Waals surface area (Å²) >= 11 is 0. The summed E-state index contributed by atoms with van der Waals surface area (Å²) in [5.41, 5.74) is 5.18. The summed E-state index contributed by atoms with van der Waals surface area (Å²) < 4.78 is 17.5. The van der Waals surface area contributed by atoms with E-state index in [1.807, 2.05) is 52.6 Å². The second-order valence-electron chi connectivity index (χ2n) is 7.17. The molecule has 0 fully saturated rings. The van der Waals surface area contributed by atoms with Crippen LogP contribution in [-0.2, 0) is 13.6 Å². The Labute approximate surface area is 171 Å². The standard InChI is InChI=1S/C23H18FN5O/c1-28-14-26-18-11-17(7-8-20(18)28)27-23(30)22-12-19-21(6-3-9-25-19)29(22)13-15-4-2-5-16(24)10-15/h2-12,14H,13H2,1H3,(H,27,30). The number of rotatable bonds is 4. The van der Waals surface area contributed by atoms with Crippen molar-refractivity contribution in [2.24, 2.45) is 7.05 Å². The van der Waals surface area contributed by atoms with Crippen LogP contribution in [0, 0.1) is 5.82 Å². The number of amides is 1. The molecule has 0 saturated heterocycles. The summed E-state index contributed by atoms with van der Waals surface area (Å²) in [5, 5.41) is 2.95. The molecule has 5 aromatic rings. The van der Waals surface area contributed by atoms with Crippen molar-refractivity contribution in [3.05, 3.63) is 90.3 Å². The maximum absolute atomic E-state index is 13.7. The minimum absolute atomic E-state index is 0.264. The van der Waals surface area contributed by atoms with Gasteiger partial charge in [0.2, 0.25) is 0 Å². The molecule has 5 rings (SSSR count). The first-order valence-electron chi connectivity index (χ1n) is 9.49. The number of anilines is 1. The average molecular weight is 399 g/mol. The second-order valence-corrected chi connectivity index (χ2v) is 7.17. The molecule has 2 aromatic carbocycles. The monoisotopic (exact) mass is 399 g/mol. The smallest absolute Gasteiger partial charge is 0.272 e. The molecule has 3 aromatic heterocycles. The summed E-state index contributed by atoms with van der Waals surface area (Å²) in [4.78, 5) is 21.8. The van der Waals surface area contributed by atoms with Gasteiger partial charge >= 0.3 is 0 Å². The summed E-state index contributed by atoms with van der Waals surface area (Å²) in [6.45, 7) is 0.356. The van der Waals surface area contributed by atoms with Crippen molar-refractivity contribution < 1.29 is 9.18 Å². The molecule has 3 heterocycles. The van der Waals surface area contributed by atoms with E-state index in [-0.39, 0.29) is 11.7 Å². The number of nitrogens with one attached hydrogen (secondary N) is 1. The summed E-state index contributed by atoms with van der Waals surface area (Å²) in [6.07, 6.45) is 3.42. The number of aryl methyl sites for hydroxylation is 1. The second kappa shape index (κ2) is 7.11. The van der Waals surface area contributed by atoms with Gasteiger partial charge in [-0.25, -0.2) is 9.37 Å². The highest BCUT2D eigenvalue weighted by atomic mass is 19.1. The Morgan fingerprint density at radius 2 is 1.87 bits per heavy atom. The van der Waals surface area contributed by atoms with Crippen LogP contribution in [0.1, 0.15) is 16.1 Å². The van der Waals surface area contributed by atoms with Crippen molar-refractivity contribution in [2.75, 3.05) is 5.32 Å². The van der Waals surface area contributed by atoms with Crippen LogP contribution in [0.25, 0.3) is 22.1 Å². The van der Waals surface area contributed by atoms with Gasteiger partial charge in [-0.2, -0.15) is 0 Å². The lowest BCUT2D eigenvalue weighted by molar-refractivity contribution is 0.101. The van der Waals surface area contributed by atoms with Gasteiger partial charge in [-0.05, 0) is 54.1 Å². The number of benzene rings is 2. The number of carbonyl (C=O) groups excluding carboxylic acids is 1. The Kier molecular flexibility index (Phi) is 4.28. The minimum Gasteiger partial charge on any atom is -0.334 e. The Morgan fingerprint density at radius 1 is 1.00 bits per heavy atom. The van der Waals surface area contributed by atoms with Crippen molar-refractivity contribution >= 4 is 33.7 Å². The van der Waals surface area contributed by atoms with Gasteiger partial charge in [0.15, 0.2) is 0 Å². The fraction of sp³-hybridized carbons (Fsp3) is 0.0870. The number of nitrogens with zero attached hydrogens (tertiary/aromatic N) is 4. The van der Waals surface area contributed by atoms with Gasteiger partial charge in [0, 0.05) is 25.5 Å². The van der Waals surface area contributed by atoms with Gasteiger partial charge < -0.3 is 14.5 Å². The van der Waals surface area contributed by atoms with E-state index in [2.05, 4.69) is 15.3 Å². The van der Waals surface area contributed by atoms with Crippen molar-refractivity contribution in [1.82, 2.24) is 19.1 Å². The third-order valence-corrected chi connectivity index (χ3v) is 5.12. The van der Waals surface area contributed by atoms with Gasteiger partial charge in [-0.3, -0.25) is 9.78 Å². The highest BCUT2D eigenvalue weighted by Gasteiger charge is 2.17. The molecule has 1 amide bonds. The maximum Gasteiger partial charge on any atom is 0.272 e. The summed E-state index contributed by atoms with van der Waals surface area (Å²) in [6, 6.07) is 17.5. The van der Waals surface area contributed by atoms with E-state index in [0.29, 0.717) is 23.4 Å². The molecule has 6 nitrogen and oxygen atoms in total. The highest BCUT2D eigenvalue weighted by Crippen LogP contribution is 2.22. The van der Waals surface area contributed by atoms with Gasteiger partial charge in [0.25, 0.3) is 5.91 Å². The minimum atomic E-state index is -0.309. The first-order valence-corrected chi connectivity index (χ1v) is 9.49. The molecule has 0 radical (unpaired) electrons. The number of hydrogen-bond donors (Lipinski definition) is 1. The summed E-state index contributed by atoms with van der Waals surface area (Å²) in [7, 11) is 1.92. The quantitative estimate of drug-likeness (QED) is 0.488. The van der Waals surface area contributed by atoms with Crippen molar-refractivity contribution in [2.45, 2.75) is 6.54 Å². The van der Waals surface area contributed by atoms with E-state index < -0.39 is 0 Å². The SMILES string of the molecule is Cn1cnc2cc(NC(=O)c3cc4ncccc4n3Cc3cccc(F)c3)ccc21. The zero-order valence-electron chi connectivity index (χ0n) is 16.2. The molecule has 0 bridgehead atoms. The normalized spacial score (nSPS) is 11.3. The van der Waals surface area contributed by atoms with E-state index in [9.17, 15) is 9.18 Å². The van der Waals surface area contributed by atoms with Crippen LogP contribution in [0.5, 0.6) is 0 Å². The van der Waals surface area contributed by atoms with Gasteiger partial charge in [0.05, 0.1) is 28.4 Å². The van der Waals surface area contributed by atoms with Crippen LogP contribution in [0.3, 0.4) is 0 Å². The first kappa shape index (κ1) is 18.1. The Morgan fingerprint density at radius 3 is 2.73 bits per heavy atom. The first-order chi connectivity index (χ1) is 14.6. The number of imidazole rings is 1. The molecular formula is C23H18FN5O. The predicted molar refractivity (Wildman–Crippen MR) is 114 cm³/mol. The van der Waals surface area contributed by atoms with Gasteiger partial charge in [-0.1, -0.05) is 12.1 Å². The predicted octanol–water partition coefficient (Wildman–Crippen LogP) is 4.36. The Balaban J connectivity index is 1.52. The van der Waals surface area contributed by atoms with Crippen LogP contribution in [0.4, 0.5) is 10.1 Å². The number of pyridine rings is 1. The van der Waals surface area contributed by atoms with Crippen molar-refractivity contribution in [1.29, 1.82) is 0 Å². The fourth-order valence-corrected chi connectivity index (χ4v) is 3.67. The molecule has 0 unspecified atom stereocenters. The van der Waals surface area contributed by atoms with Crippen LogP contribution < -0.4 is 5.32 Å². The van der Waals surface area contributed by atoms with E-state index in [1.54, 1.807) is 24.7 Å². The lowest BCUT2D eigenvalue weighted by Crippen LogP contribution is -2.17. The van der Waals surface area contributed by atoms with Crippen LogP contribution in [-0.4, -0.2) is 25.0 Å². The number of carbonyl (C=O) groups is 1. The van der Waals surface area contributed by atoms with E-state index in [1.165, 1.54) is 12.1 Å². The lowest BCUT2D eigenvalue weighted by Gasteiger charge is -2.11. The van der Waals surface area contributed by atoms with Crippen LogP contribution in [0.15, 0.2) is 73.2 Å². The number of hydrogen-bond acceptors (Lipinski definition) is 3. The highest BCUT2D eigenvalue weighted by molar-refractivity contribution is 6.06. The van der Waals surface area contributed by atoms with Crippen LogP contribution >= 0.6 is 0 Å². The van der Waals surface area contributed by atoms with E-state index in [0.717, 1.165) is 22.1 Å². The number of aromatic nitrogens is 4. The zero-order valence-corrected chi connectivity index (χ0v) is 16.2. The molecule has 0 spiro atoms. The average Bonchev–Trinajstić information content (AvgIpc) is 3.29. The van der Waals surface area contributed by atoms with Gasteiger partial charge in [0.1, 0.15) is 11.5 Å². The zero-order chi connectivity index (χ0) is 20.7. The Bertz CT molecular complexity index is 1400. The van der Waals surface area contributed by atoms with Crippen LogP contribution in [0.2, 0.25) is 0 Å². The maximum atomic E-state index is 13.7. The molecule has 1 N–H and O–H groups in total. The number of halogens is 1. The lowest BCUT2D eigenvalue weighted by atomic mass is 10.2. The molecule has 7 heteroatoms. The molecule has 0 saturated carbocycles. The third kappa shape index (κ3) is 3.20.